The molecule has 0 bridgehead atoms. The molecule has 12 heavy (non-hydrogen) atoms. The average molecular weight is 171 g/mol. The highest BCUT2D eigenvalue weighted by molar-refractivity contribution is 5.75. The smallest absolute Gasteiger partial charge is 0.326 e. The molecule has 0 amide bonds. The van der Waals surface area contributed by atoms with E-state index in [1.54, 1.807) is 0 Å². The summed E-state index contributed by atoms with van der Waals surface area (Å²) in [5.74, 6) is -0.366. The van der Waals surface area contributed by atoms with Crippen molar-refractivity contribution in [3.05, 3.63) is 12.7 Å². The van der Waals surface area contributed by atoms with E-state index in [1.807, 2.05) is 0 Å². The monoisotopic (exact) mass is 171 g/mol. The van der Waals surface area contributed by atoms with E-state index in [0.29, 0.717) is 13.0 Å². The molecule has 1 atom stereocenters. The molecular weight excluding hydrogens is 158 g/mol. The van der Waals surface area contributed by atoms with E-state index in [-0.39, 0.29) is 12.6 Å². The summed E-state index contributed by atoms with van der Waals surface area (Å²) in [4.78, 5) is 11.1. The molecule has 1 saturated heterocycles. The molecule has 0 aromatic heterocycles. The van der Waals surface area contributed by atoms with Gasteiger partial charge in [0.25, 0.3) is 0 Å². The number of nitrogens with zero attached hydrogens (tertiary/aromatic N) is 1. The van der Waals surface area contributed by atoms with Crippen LogP contribution in [0.3, 0.4) is 0 Å². The van der Waals surface area contributed by atoms with E-state index >= 15 is 0 Å². The van der Waals surface area contributed by atoms with Gasteiger partial charge in [0.1, 0.15) is 12.6 Å². The van der Waals surface area contributed by atoms with Crippen LogP contribution in [-0.2, 0) is 9.53 Å². The van der Waals surface area contributed by atoms with Gasteiger partial charge in [-0.15, -0.1) is 0 Å². The molecule has 0 spiro atoms. The van der Waals surface area contributed by atoms with Crippen LogP contribution in [0.25, 0.3) is 0 Å². The third-order valence-corrected chi connectivity index (χ3v) is 1.84. The average Bonchev–Trinajstić information content (AvgIpc) is 2.47. The highest BCUT2D eigenvalue weighted by Crippen LogP contribution is 2.15. The lowest BCUT2D eigenvalue weighted by Crippen LogP contribution is -2.34. The number of carbonyl (C=O) groups is 1. The van der Waals surface area contributed by atoms with Crippen LogP contribution in [0.4, 0.5) is 0 Å². The van der Waals surface area contributed by atoms with Crippen molar-refractivity contribution in [1.29, 1.82) is 0 Å². The molecular formula is C8H13NO3. The van der Waals surface area contributed by atoms with E-state index in [1.165, 1.54) is 6.08 Å². The number of hydrogen-bond donors (Lipinski definition) is 1. The van der Waals surface area contributed by atoms with Crippen molar-refractivity contribution in [2.75, 3.05) is 13.2 Å². The normalized spacial score (nSPS) is 23.9. The summed E-state index contributed by atoms with van der Waals surface area (Å²) in [6.45, 7) is 4.19. The maximum Gasteiger partial charge on any atom is 0.326 e. The van der Waals surface area contributed by atoms with Crippen LogP contribution in [-0.4, -0.2) is 35.4 Å². The van der Waals surface area contributed by atoms with Gasteiger partial charge in [0.2, 0.25) is 0 Å². The Balaban J connectivity index is 2.35. The standard InChI is InChI=1S/C8H13NO3/c1-2-6-12-8(10)7-4-3-5-9(7)11/h2,7,11H,1,3-6H2. The van der Waals surface area contributed by atoms with Gasteiger partial charge in [-0.25, -0.2) is 0 Å². The minimum atomic E-state index is -0.468. The lowest BCUT2D eigenvalue weighted by atomic mass is 10.2. The molecule has 1 rings (SSSR count). The second-order valence-electron chi connectivity index (χ2n) is 2.74. The fraction of sp³-hybridized carbons (Fsp3) is 0.625. The van der Waals surface area contributed by atoms with Crippen LogP contribution in [0, 0.1) is 0 Å². The molecule has 1 aliphatic rings. The zero-order valence-electron chi connectivity index (χ0n) is 6.90. The first-order valence-corrected chi connectivity index (χ1v) is 3.98. The summed E-state index contributed by atoms with van der Waals surface area (Å²) in [6.07, 6.45) is 3.02. The van der Waals surface area contributed by atoms with Gasteiger partial charge < -0.3 is 9.94 Å². The summed E-state index contributed by atoms with van der Waals surface area (Å²) in [5, 5.41) is 10.2. The van der Waals surface area contributed by atoms with E-state index in [2.05, 4.69) is 6.58 Å². The zero-order chi connectivity index (χ0) is 8.97. The Morgan fingerprint density at radius 2 is 2.58 bits per heavy atom. The predicted octanol–water partition coefficient (Wildman–Crippen LogP) is 0.569. The second kappa shape index (κ2) is 4.23. The van der Waals surface area contributed by atoms with Crippen LogP contribution >= 0.6 is 0 Å². The number of carbonyl (C=O) groups excluding carboxylic acids is 1. The lowest BCUT2D eigenvalue weighted by molar-refractivity contribution is -0.165. The molecule has 4 heteroatoms. The number of hydrogen-bond acceptors (Lipinski definition) is 4. The van der Waals surface area contributed by atoms with Crippen molar-refractivity contribution in [2.24, 2.45) is 0 Å². The maximum absolute atomic E-state index is 11.1. The van der Waals surface area contributed by atoms with Crippen molar-refractivity contribution in [2.45, 2.75) is 18.9 Å². The fourth-order valence-corrected chi connectivity index (χ4v) is 1.23. The highest BCUT2D eigenvalue weighted by atomic mass is 16.6. The zero-order valence-corrected chi connectivity index (χ0v) is 6.90. The van der Waals surface area contributed by atoms with Gasteiger partial charge in [-0.3, -0.25) is 4.79 Å². The first-order chi connectivity index (χ1) is 5.75. The van der Waals surface area contributed by atoms with E-state index in [9.17, 15) is 4.79 Å². The van der Waals surface area contributed by atoms with Gasteiger partial charge in [-0.1, -0.05) is 12.7 Å². The van der Waals surface area contributed by atoms with E-state index in [4.69, 9.17) is 9.94 Å². The first kappa shape index (κ1) is 9.22. The van der Waals surface area contributed by atoms with Gasteiger partial charge in [0.15, 0.2) is 0 Å². The molecule has 1 heterocycles. The quantitative estimate of drug-likeness (QED) is 0.498. The van der Waals surface area contributed by atoms with E-state index in [0.717, 1.165) is 11.5 Å². The maximum atomic E-state index is 11.1. The van der Waals surface area contributed by atoms with Crippen LogP contribution in [0.1, 0.15) is 12.8 Å². The third kappa shape index (κ3) is 2.06. The number of hydroxylamine groups is 2. The van der Waals surface area contributed by atoms with Gasteiger partial charge in [0, 0.05) is 6.54 Å². The Morgan fingerprint density at radius 1 is 1.83 bits per heavy atom. The van der Waals surface area contributed by atoms with Crippen molar-refractivity contribution >= 4 is 5.97 Å². The van der Waals surface area contributed by atoms with Crippen molar-refractivity contribution in [3.63, 3.8) is 0 Å². The largest absolute Gasteiger partial charge is 0.460 e. The molecule has 1 aliphatic heterocycles. The lowest BCUT2D eigenvalue weighted by Gasteiger charge is -2.15. The molecule has 0 aromatic carbocycles. The van der Waals surface area contributed by atoms with E-state index < -0.39 is 6.04 Å². The summed E-state index contributed by atoms with van der Waals surface area (Å²) in [6, 6.07) is -0.468. The summed E-state index contributed by atoms with van der Waals surface area (Å²) < 4.78 is 4.79. The third-order valence-electron chi connectivity index (χ3n) is 1.84. The van der Waals surface area contributed by atoms with Crippen molar-refractivity contribution < 1.29 is 14.7 Å². The Kier molecular flexibility index (Phi) is 3.25. The predicted molar refractivity (Wildman–Crippen MR) is 42.7 cm³/mol. The van der Waals surface area contributed by atoms with Gasteiger partial charge in [-0.2, -0.15) is 5.06 Å². The van der Waals surface area contributed by atoms with Gasteiger partial charge in [-0.05, 0) is 12.8 Å². The Bertz CT molecular complexity index is 181. The Hall–Kier alpha value is -0.870. The molecule has 1 N–H and O–H groups in total. The summed E-state index contributed by atoms with van der Waals surface area (Å²) in [7, 11) is 0. The Morgan fingerprint density at radius 3 is 3.08 bits per heavy atom. The number of ether oxygens (including phenoxy) is 1. The SMILES string of the molecule is C=CCOC(=O)C1CCCN1O. The summed E-state index contributed by atoms with van der Waals surface area (Å²) >= 11 is 0. The molecule has 0 saturated carbocycles. The van der Waals surface area contributed by atoms with Gasteiger partial charge >= 0.3 is 5.97 Å². The molecule has 1 unspecified atom stereocenters. The number of esters is 1. The molecule has 1 fully saturated rings. The first-order valence-electron chi connectivity index (χ1n) is 3.98. The summed E-state index contributed by atoms with van der Waals surface area (Å²) in [5.41, 5.74) is 0. The van der Waals surface area contributed by atoms with Crippen molar-refractivity contribution in [1.82, 2.24) is 5.06 Å². The van der Waals surface area contributed by atoms with Crippen LogP contribution in [0.15, 0.2) is 12.7 Å². The fourth-order valence-electron chi connectivity index (χ4n) is 1.23. The molecule has 4 nitrogen and oxygen atoms in total. The topological polar surface area (TPSA) is 49.8 Å². The van der Waals surface area contributed by atoms with Gasteiger partial charge in [0.05, 0.1) is 0 Å². The molecule has 68 valence electrons. The van der Waals surface area contributed by atoms with Crippen LogP contribution in [0.5, 0.6) is 0 Å². The molecule has 0 aliphatic carbocycles. The van der Waals surface area contributed by atoms with Crippen LogP contribution in [0.2, 0.25) is 0 Å². The second-order valence-corrected chi connectivity index (χ2v) is 2.74. The highest BCUT2D eigenvalue weighted by Gasteiger charge is 2.30. The molecule has 0 radical (unpaired) electrons. The minimum absolute atomic E-state index is 0.211. The molecule has 0 aromatic rings. The van der Waals surface area contributed by atoms with Crippen LogP contribution < -0.4 is 0 Å². The minimum Gasteiger partial charge on any atom is -0.460 e. The number of rotatable bonds is 3. The Labute approximate surface area is 71.4 Å². The van der Waals surface area contributed by atoms with Crippen molar-refractivity contribution in [3.8, 4) is 0 Å².